The van der Waals surface area contributed by atoms with E-state index in [1.165, 1.54) is 25.7 Å². The van der Waals surface area contributed by atoms with E-state index in [2.05, 4.69) is 20.4 Å². The Bertz CT molecular complexity index is 849. The monoisotopic (exact) mass is 442 g/mol. The van der Waals surface area contributed by atoms with Gasteiger partial charge in [-0.1, -0.05) is 0 Å². The molecule has 1 aliphatic carbocycles. The minimum absolute atomic E-state index is 0.191. The minimum Gasteiger partial charge on any atom is -0.493 e. The maximum Gasteiger partial charge on any atom is 0.410 e. The van der Waals surface area contributed by atoms with Crippen LogP contribution in [0.5, 0.6) is 5.75 Å². The number of hydrogen-bond acceptors (Lipinski definition) is 7. The second kappa shape index (κ2) is 9.85. The van der Waals surface area contributed by atoms with Crippen molar-refractivity contribution in [3.05, 3.63) is 30.6 Å². The van der Waals surface area contributed by atoms with Crippen LogP contribution in [0.4, 0.5) is 4.79 Å². The Morgan fingerprint density at radius 3 is 2.31 bits per heavy atom. The van der Waals surface area contributed by atoms with Crippen LogP contribution in [0.3, 0.4) is 0 Å². The van der Waals surface area contributed by atoms with Gasteiger partial charge in [0.15, 0.2) is 0 Å². The summed E-state index contributed by atoms with van der Waals surface area (Å²) in [7, 11) is 0. The van der Waals surface area contributed by atoms with E-state index in [0.717, 1.165) is 44.2 Å². The fourth-order valence-corrected chi connectivity index (χ4v) is 4.46. The summed E-state index contributed by atoms with van der Waals surface area (Å²) in [6, 6.07) is 8.46. The van der Waals surface area contributed by atoms with Crippen LogP contribution >= 0.6 is 0 Å². The molecule has 0 atom stereocenters. The van der Waals surface area contributed by atoms with Gasteiger partial charge in [0, 0.05) is 32.2 Å². The molecule has 174 valence electrons. The molecule has 32 heavy (non-hydrogen) atoms. The van der Waals surface area contributed by atoms with Gasteiger partial charge in [0.25, 0.3) is 0 Å². The number of amides is 1. The first-order valence-electron chi connectivity index (χ1n) is 11.6. The number of tetrazole rings is 1. The predicted molar refractivity (Wildman–Crippen MR) is 120 cm³/mol. The van der Waals surface area contributed by atoms with Crippen molar-refractivity contribution in [1.29, 1.82) is 0 Å². The maximum absolute atomic E-state index is 12.3. The third-order valence-corrected chi connectivity index (χ3v) is 6.23. The van der Waals surface area contributed by atoms with Crippen LogP contribution in [0, 0.1) is 5.92 Å². The lowest BCUT2D eigenvalue weighted by Gasteiger charge is -2.42. The first-order valence-corrected chi connectivity index (χ1v) is 11.6. The Hall–Kier alpha value is -2.68. The van der Waals surface area contributed by atoms with Crippen LogP contribution < -0.4 is 4.74 Å². The van der Waals surface area contributed by atoms with Crippen LogP contribution in [-0.4, -0.2) is 80.5 Å². The first-order chi connectivity index (χ1) is 15.4. The van der Waals surface area contributed by atoms with E-state index in [4.69, 9.17) is 9.47 Å². The highest BCUT2D eigenvalue weighted by molar-refractivity contribution is 5.68. The van der Waals surface area contributed by atoms with Crippen molar-refractivity contribution < 1.29 is 14.3 Å². The average molecular weight is 443 g/mol. The Labute approximate surface area is 189 Å². The van der Waals surface area contributed by atoms with Crippen molar-refractivity contribution in [3.63, 3.8) is 0 Å². The third kappa shape index (κ3) is 5.97. The van der Waals surface area contributed by atoms with E-state index >= 15 is 0 Å². The summed E-state index contributed by atoms with van der Waals surface area (Å²) in [4.78, 5) is 16.7. The molecule has 1 saturated carbocycles. The van der Waals surface area contributed by atoms with E-state index in [-0.39, 0.29) is 6.09 Å². The van der Waals surface area contributed by atoms with E-state index in [0.29, 0.717) is 12.0 Å². The Morgan fingerprint density at radius 2 is 1.72 bits per heavy atom. The zero-order valence-electron chi connectivity index (χ0n) is 19.3. The smallest absolute Gasteiger partial charge is 0.410 e. The molecule has 0 radical (unpaired) electrons. The van der Waals surface area contributed by atoms with Crippen LogP contribution in [0.25, 0.3) is 5.69 Å². The molecule has 0 N–H and O–H groups in total. The Kier molecular flexibility index (Phi) is 6.93. The van der Waals surface area contributed by atoms with E-state index in [1.807, 2.05) is 49.9 Å². The number of ether oxygens (including phenoxy) is 2. The number of carbonyl (C=O) groups excluding carboxylic acids is 1. The number of aromatic nitrogens is 4. The summed E-state index contributed by atoms with van der Waals surface area (Å²) in [6.45, 7) is 9.84. The molecule has 2 fully saturated rings. The topological polar surface area (TPSA) is 85.6 Å². The summed E-state index contributed by atoms with van der Waals surface area (Å²) in [5, 5.41) is 11.2. The van der Waals surface area contributed by atoms with E-state index < -0.39 is 5.60 Å². The molecule has 1 saturated heterocycles. The van der Waals surface area contributed by atoms with Gasteiger partial charge < -0.3 is 14.4 Å². The zero-order valence-corrected chi connectivity index (χ0v) is 19.3. The molecule has 1 amide bonds. The highest BCUT2D eigenvalue weighted by Crippen LogP contribution is 2.29. The van der Waals surface area contributed by atoms with Gasteiger partial charge in [-0.3, -0.25) is 4.90 Å². The van der Waals surface area contributed by atoms with Gasteiger partial charge in [-0.2, -0.15) is 0 Å². The average Bonchev–Trinajstić information content (AvgIpc) is 3.32. The van der Waals surface area contributed by atoms with Gasteiger partial charge in [-0.15, -0.1) is 5.10 Å². The van der Waals surface area contributed by atoms with E-state index in [9.17, 15) is 4.79 Å². The lowest BCUT2D eigenvalue weighted by atomic mass is 9.85. The van der Waals surface area contributed by atoms with Gasteiger partial charge in [-0.25, -0.2) is 9.48 Å². The van der Waals surface area contributed by atoms with Crippen molar-refractivity contribution in [2.75, 3.05) is 32.8 Å². The fourth-order valence-electron chi connectivity index (χ4n) is 4.46. The van der Waals surface area contributed by atoms with Gasteiger partial charge >= 0.3 is 6.09 Å². The summed E-state index contributed by atoms with van der Waals surface area (Å²) >= 11 is 0. The van der Waals surface area contributed by atoms with Gasteiger partial charge in [0.1, 0.15) is 17.7 Å². The van der Waals surface area contributed by atoms with Gasteiger partial charge in [0.05, 0.1) is 12.3 Å². The first kappa shape index (κ1) is 22.5. The van der Waals surface area contributed by atoms with Gasteiger partial charge in [0.2, 0.25) is 0 Å². The largest absolute Gasteiger partial charge is 0.493 e. The predicted octanol–water partition coefficient (Wildman–Crippen LogP) is 3.15. The molecule has 4 rings (SSSR count). The zero-order chi connectivity index (χ0) is 22.6. The molecule has 0 spiro atoms. The number of benzene rings is 1. The molecule has 2 aromatic rings. The molecule has 2 aliphatic rings. The van der Waals surface area contributed by atoms with Crippen molar-refractivity contribution in [2.24, 2.45) is 5.92 Å². The molecule has 1 aromatic heterocycles. The molecule has 0 bridgehead atoms. The number of rotatable bonds is 5. The van der Waals surface area contributed by atoms with Crippen LogP contribution in [0.15, 0.2) is 30.6 Å². The second-order valence-corrected chi connectivity index (χ2v) is 9.74. The molecule has 1 aromatic carbocycles. The lowest BCUT2D eigenvalue weighted by Crippen LogP contribution is -2.53. The molecular weight excluding hydrogens is 408 g/mol. The summed E-state index contributed by atoms with van der Waals surface area (Å²) in [6.07, 6.45) is 6.13. The molecule has 2 heterocycles. The highest BCUT2D eigenvalue weighted by Gasteiger charge is 2.31. The fraction of sp³-hybridized carbons (Fsp3) is 0.652. The number of nitrogens with zero attached hydrogens (tertiary/aromatic N) is 6. The quantitative estimate of drug-likeness (QED) is 0.703. The van der Waals surface area contributed by atoms with Crippen molar-refractivity contribution in [2.45, 2.75) is 58.1 Å². The molecule has 9 heteroatoms. The standard InChI is InChI=1S/C23H34N6O3/c1-23(2,3)32-22(30)28-14-12-27(13-15-28)19-6-4-18(5-7-19)16-31-21-10-8-20(9-11-21)29-17-24-25-26-29/h8-11,17-19H,4-7,12-16H2,1-3H3/t18-,19-. The normalized spacial score (nSPS) is 22.5. The number of carbonyl (C=O) groups is 1. The lowest BCUT2D eigenvalue weighted by molar-refractivity contribution is 0.00654. The summed E-state index contributed by atoms with van der Waals surface area (Å²) in [5.41, 5.74) is 0.473. The van der Waals surface area contributed by atoms with Crippen molar-refractivity contribution in [1.82, 2.24) is 30.0 Å². The molecule has 1 aliphatic heterocycles. The second-order valence-electron chi connectivity index (χ2n) is 9.74. The van der Waals surface area contributed by atoms with Crippen LogP contribution in [-0.2, 0) is 4.74 Å². The van der Waals surface area contributed by atoms with E-state index in [1.54, 1.807) is 11.0 Å². The summed E-state index contributed by atoms with van der Waals surface area (Å²) < 4.78 is 13.2. The van der Waals surface area contributed by atoms with Crippen LogP contribution in [0.2, 0.25) is 0 Å². The minimum atomic E-state index is -0.439. The van der Waals surface area contributed by atoms with Crippen LogP contribution in [0.1, 0.15) is 46.5 Å². The molecular formula is C23H34N6O3. The molecule has 9 nitrogen and oxygen atoms in total. The Morgan fingerprint density at radius 1 is 1.03 bits per heavy atom. The SMILES string of the molecule is CC(C)(C)OC(=O)N1CCN([C@H]2CC[C@H](COc3ccc(-n4cnnn4)cc3)CC2)CC1. The highest BCUT2D eigenvalue weighted by atomic mass is 16.6. The third-order valence-electron chi connectivity index (χ3n) is 6.23. The number of hydrogen-bond donors (Lipinski definition) is 0. The number of piperazine rings is 1. The maximum atomic E-state index is 12.3. The summed E-state index contributed by atoms with van der Waals surface area (Å²) in [5.74, 6) is 1.47. The van der Waals surface area contributed by atoms with Crippen molar-refractivity contribution in [3.8, 4) is 11.4 Å². The van der Waals surface area contributed by atoms with Crippen molar-refractivity contribution >= 4 is 6.09 Å². The van der Waals surface area contributed by atoms with Gasteiger partial charge in [-0.05, 0) is 87.1 Å². The Balaban J connectivity index is 1.16. The molecule has 0 unspecified atom stereocenters.